The molecule has 0 amide bonds. The number of quaternary nitrogens is 2. The molecular formula is C18H26ClN3O+2. The summed E-state index contributed by atoms with van der Waals surface area (Å²) in [6.45, 7) is 5.20. The van der Waals surface area contributed by atoms with E-state index in [1.165, 1.54) is 30.8 Å². The summed E-state index contributed by atoms with van der Waals surface area (Å²) in [5.74, 6) is 0. The lowest BCUT2D eigenvalue weighted by molar-refractivity contribution is -0.948. The van der Waals surface area contributed by atoms with Crippen LogP contribution in [-0.2, 0) is 6.54 Å². The Balaban J connectivity index is 1.90. The van der Waals surface area contributed by atoms with E-state index >= 15 is 0 Å². The summed E-state index contributed by atoms with van der Waals surface area (Å²) in [6, 6.07) is 6.16. The number of aromatic nitrogens is 1. The predicted octanol–water partition coefficient (Wildman–Crippen LogP) is 0.182. The van der Waals surface area contributed by atoms with Gasteiger partial charge in [0.25, 0.3) is 0 Å². The first-order chi connectivity index (χ1) is 11.0. The number of H-pyrrole nitrogens is 1. The number of para-hydroxylation sites is 1. The average Bonchev–Trinajstić information content (AvgIpc) is 2.53. The van der Waals surface area contributed by atoms with E-state index in [0.29, 0.717) is 16.5 Å². The molecule has 2 heterocycles. The Kier molecular flexibility index (Phi) is 4.76. The number of halogens is 1. The molecule has 1 aliphatic rings. The maximum atomic E-state index is 12.9. The van der Waals surface area contributed by atoms with Gasteiger partial charge in [-0.3, -0.25) is 4.79 Å². The van der Waals surface area contributed by atoms with E-state index in [1.54, 1.807) is 4.90 Å². The summed E-state index contributed by atoms with van der Waals surface area (Å²) in [5, 5.41) is 1.30. The lowest BCUT2D eigenvalue weighted by Crippen LogP contribution is -3.17. The van der Waals surface area contributed by atoms with E-state index < -0.39 is 0 Å². The molecule has 23 heavy (non-hydrogen) atoms. The zero-order chi connectivity index (χ0) is 16.6. The number of hydrogen-bond donors (Lipinski definition) is 3. The molecule has 1 aliphatic heterocycles. The minimum Gasteiger partial charge on any atom is -0.357 e. The highest BCUT2D eigenvalue weighted by Crippen LogP contribution is 2.20. The van der Waals surface area contributed by atoms with Crippen molar-refractivity contribution in [1.82, 2.24) is 4.98 Å². The Bertz CT molecular complexity index is 763. The second-order valence-electron chi connectivity index (χ2n) is 6.97. The highest BCUT2D eigenvalue weighted by atomic mass is 35.5. The highest BCUT2D eigenvalue weighted by Gasteiger charge is 2.27. The summed E-state index contributed by atoms with van der Waals surface area (Å²) in [6.07, 6.45) is 2.46. The molecule has 1 unspecified atom stereocenters. The van der Waals surface area contributed by atoms with Gasteiger partial charge in [-0.1, -0.05) is 17.7 Å². The first-order valence-electron chi connectivity index (χ1n) is 8.41. The van der Waals surface area contributed by atoms with Gasteiger partial charge in [-0.2, -0.15) is 0 Å². The molecule has 124 valence electrons. The van der Waals surface area contributed by atoms with Gasteiger partial charge in [-0.25, -0.2) is 0 Å². The van der Waals surface area contributed by atoms with Gasteiger partial charge in [0.15, 0.2) is 5.43 Å². The third-order valence-electron chi connectivity index (χ3n) is 5.29. The Labute approximate surface area is 142 Å². The van der Waals surface area contributed by atoms with Crippen molar-refractivity contribution in [3.63, 3.8) is 0 Å². The van der Waals surface area contributed by atoms with Gasteiger partial charge in [-0.05, 0) is 19.1 Å². The third kappa shape index (κ3) is 3.30. The van der Waals surface area contributed by atoms with Gasteiger partial charge < -0.3 is 14.8 Å². The van der Waals surface area contributed by atoms with Crippen molar-refractivity contribution >= 4 is 22.5 Å². The SMILES string of the molecule is Cc1[nH]c2c(Cl)cccc2c(=O)c1C[NH+](C)C1CC[NH+](C)CC1. The standard InChI is InChI=1S/C18H24ClN3O/c1-12-15(11-22(3)13-7-9-21(2)10-8-13)18(23)14-5-4-6-16(19)17(14)20-12/h4-6,13H,7-11H2,1-3H3,(H,20,23)/p+2. The summed E-state index contributed by atoms with van der Waals surface area (Å²) >= 11 is 6.22. The van der Waals surface area contributed by atoms with Crippen LogP contribution in [0.15, 0.2) is 23.0 Å². The normalized spacial score (nSPS) is 23.1. The van der Waals surface area contributed by atoms with Crippen molar-refractivity contribution in [3.8, 4) is 0 Å². The third-order valence-corrected chi connectivity index (χ3v) is 5.60. The zero-order valence-electron chi connectivity index (χ0n) is 14.1. The van der Waals surface area contributed by atoms with Gasteiger partial charge in [0.2, 0.25) is 0 Å². The van der Waals surface area contributed by atoms with E-state index in [2.05, 4.69) is 19.1 Å². The Morgan fingerprint density at radius 3 is 2.74 bits per heavy atom. The number of hydrogen-bond acceptors (Lipinski definition) is 1. The molecule has 1 atom stereocenters. The minimum atomic E-state index is 0.122. The molecule has 3 N–H and O–H groups in total. The first kappa shape index (κ1) is 16.5. The number of aryl methyl sites for hydroxylation is 1. The van der Waals surface area contributed by atoms with Crippen molar-refractivity contribution in [2.45, 2.75) is 32.4 Å². The molecule has 0 radical (unpaired) electrons. The maximum Gasteiger partial charge on any atom is 0.198 e. The second kappa shape index (κ2) is 6.63. The van der Waals surface area contributed by atoms with Crippen molar-refractivity contribution in [2.24, 2.45) is 0 Å². The van der Waals surface area contributed by atoms with Crippen LogP contribution in [0.5, 0.6) is 0 Å². The number of fused-ring (bicyclic) bond motifs is 1. The summed E-state index contributed by atoms with van der Waals surface area (Å²) < 4.78 is 0. The summed E-state index contributed by atoms with van der Waals surface area (Å²) in [4.78, 5) is 19.3. The molecule has 3 rings (SSSR count). The molecule has 1 aromatic carbocycles. The van der Waals surface area contributed by atoms with Gasteiger partial charge in [0.1, 0.15) is 6.54 Å². The number of pyridine rings is 1. The minimum absolute atomic E-state index is 0.122. The molecule has 1 fully saturated rings. The molecule has 0 saturated carbocycles. The fraction of sp³-hybridized carbons (Fsp3) is 0.500. The van der Waals surface area contributed by atoms with E-state index in [0.717, 1.165) is 23.3 Å². The molecule has 1 aromatic heterocycles. The first-order valence-corrected chi connectivity index (χ1v) is 8.78. The van der Waals surface area contributed by atoms with Crippen molar-refractivity contribution in [1.29, 1.82) is 0 Å². The quantitative estimate of drug-likeness (QED) is 0.736. The van der Waals surface area contributed by atoms with E-state index in [1.807, 2.05) is 25.1 Å². The summed E-state index contributed by atoms with van der Waals surface area (Å²) in [5.41, 5.74) is 2.70. The molecule has 2 aromatic rings. The molecule has 1 saturated heterocycles. The van der Waals surface area contributed by atoms with Crippen molar-refractivity contribution in [3.05, 3.63) is 44.7 Å². The fourth-order valence-corrected chi connectivity index (χ4v) is 3.90. The largest absolute Gasteiger partial charge is 0.357 e. The van der Waals surface area contributed by atoms with Crippen LogP contribution in [0.4, 0.5) is 0 Å². The van der Waals surface area contributed by atoms with Crippen molar-refractivity contribution in [2.75, 3.05) is 27.2 Å². The highest BCUT2D eigenvalue weighted by molar-refractivity contribution is 6.35. The maximum absolute atomic E-state index is 12.9. The Morgan fingerprint density at radius 2 is 2.04 bits per heavy atom. The van der Waals surface area contributed by atoms with E-state index in [9.17, 15) is 4.79 Å². The lowest BCUT2D eigenvalue weighted by Gasteiger charge is -2.30. The molecule has 5 heteroatoms. The van der Waals surface area contributed by atoms with Crippen LogP contribution in [0.3, 0.4) is 0 Å². The van der Waals surface area contributed by atoms with Crippen LogP contribution < -0.4 is 15.2 Å². The number of aromatic amines is 1. The average molecular weight is 336 g/mol. The number of piperidine rings is 1. The van der Waals surface area contributed by atoms with Crippen LogP contribution in [0.1, 0.15) is 24.1 Å². The smallest absolute Gasteiger partial charge is 0.198 e. The van der Waals surface area contributed by atoms with Gasteiger partial charge in [0, 0.05) is 23.9 Å². The Morgan fingerprint density at radius 1 is 1.35 bits per heavy atom. The van der Waals surface area contributed by atoms with Gasteiger partial charge in [-0.15, -0.1) is 0 Å². The van der Waals surface area contributed by atoms with Crippen LogP contribution in [-0.4, -0.2) is 38.2 Å². The number of nitrogens with one attached hydrogen (secondary N) is 3. The second-order valence-corrected chi connectivity index (χ2v) is 7.38. The van der Waals surface area contributed by atoms with Gasteiger partial charge >= 0.3 is 0 Å². The molecule has 4 nitrogen and oxygen atoms in total. The molecule has 0 spiro atoms. The van der Waals surface area contributed by atoms with Crippen LogP contribution in [0.2, 0.25) is 5.02 Å². The monoisotopic (exact) mass is 335 g/mol. The number of benzene rings is 1. The summed E-state index contributed by atoms with van der Waals surface area (Å²) in [7, 11) is 4.47. The molecule has 0 aliphatic carbocycles. The lowest BCUT2D eigenvalue weighted by atomic mass is 10.0. The molecule has 0 bridgehead atoms. The predicted molar refractivity (Wildman–Crippen MR) is 94.5 cm³/mol. The zero-order valence-corrected chi connectivity index (χ0v) is 14.9. The van der Waals surface area contributed by atoms with E-state index in [-0.39, 0.29) is 5.43 Å². The van der Waals surface area contributed by atoms with Crippen LogP contribution in [0.25, 0.3) is 10.9 Å². The van der Waals surface area contributed by atoms with Crippen LogP contribution >= 0.6 is 11.6 Å². The number of rotatable bonds is 3. The fourth-order valence-electron chi connectivity index (χ4n) is 3.68. The van der Waals surface area contributed by atoms with Crippen LogP contribution in [0, 0.1) is 6.92 Å². The Hall–Kier alpha value is -1.36. The van der Waals surface area contributed by atoms with Gasteiger partial charge in [0.05, 0.1) is 49.3 Å². The molecular weight excluding hydrogens is 310 g/mol. The van der Waals surface area contributed by atoms with Crippen molar-refractivity contribution < 1.29 is 9.80 Å². The van der Waals surface area contributed by atoms with E-state index in [4.69, 9.17) is 11.6 Å². The topological polar surface area (TPSA) is 41.7 Å². The number of likely N-dealkylation sites (tertiary alicyclic amines) is 1.